The monoisotopic (exact) mass is 418 g/mol. The van der Waals surface area contributed by atoms with Crippen LogP contribution in [0.25, 0.3) is 11.0 Å². The molecule has 0 unspecified atom stereocenters. The van der Waals surface area contributed by atoms with Crippen molar-refractivity contribution in [3.63, 3.8) is 0 Å². The zero-order valence-electron chi connectivity index (χ0n) is 16.6. The van der Waals surface area contributed by atoms with Crippen LogP contribution in [0.3, 0.4) is 0 Å². The predicted molar refractivity (Wildman–Crippen MR) is 110 cm³/mol. The van der Waals surface area contributed by atoms with Crippen LogP contribution in [0.15, 0.2) is 63.6 Å². The van der Waals surface area contributed by atoms with E-state index in [0.717, 1.165) is 10.9 Å². The molecule has 2 amide bonds. The van der Waals surface area contributed by atoms with Crippen LogP contribution < -0.4 is 15.0 Å². The second-order valence-corrected chi connectivity index (χ2v) is 7.18. The molecule has 1 aliphatic rings. The maximum absolute atomic E-state index is 12.9. The van der Waals surface area contributed by atoms with E-state index in [1.165, 1.54) is 4.90 Å². The minimum atomic E-state index is -0.916. The smallest absolute Gasteiger partial charge is 0.309 e. The van der Waals surface area contributed by atoms with Crippen LogP contribution in [0.5, 0.6) is 5.75 Å². The molecule has 3 heterocycles. The summed E-state index contributed by atoms with van der Waals surface area (Å²) in [6, 6.07) is 14.0. The summed E-state index contributed by atoms with van der Waals surface area (Å²) < 4.78 is 16.7. The predicted octanol–water partition coefficient (Wildman–Crippen LogP) is 2.56. The maximum Gasteiger partial charge on any atom is 0.309 e. The van der Waals surface area contributed by atoms with Gasteiger partial charge in [0, 0.05) is 18.5 Å². The molecule has 9 nitrogen and oxygen atoms in total. The number of carbonyl (C=O) groups is 2. The van der Waals surface area contributed by atoms with E-state index >= 15 is 0 Å². The van der Waals surface area contributed by atoms with Crippen molar-refractivity contribution in [3.05, 3.63) is 72.1 Å². The summed E-state index contributed by atoms with van der Waals surface area (Å²) in [5.41, 5.74) is 2.23. The molecule has 9 heteroatoms. The lowest BCUT2D eigenvalue weighted by Crippen LogP contribution is -2.49. The fraction of sp³-hybridized carbons (Fsp3) is 0.182. The highest BCUT2D eigenvalue weighted by molar-refractivity contribution is 6.03. The van der Waals surface area contributed by atoms with Crippen molar-refractivity contribution in [1.82, 2.24) is 15.5 Å². The third kappa shape index (κ3) is 3.61. The second-order valence-electron chi connectivity index (χ2n) is 7.18. The Labute approximate surface area is 176 Å². The zero-order valence-corrected chi connectivity index (χ0v) is 16.6. The number of nitrogens with one attached hydrogen (secondary N) is 1. The van der Waals surface area contributed by atoms with E-state index in [4.69, 9.17) is 13.6 Å². The van der Waals surface area contributed by atoms with Gasteiger partial charge in [0.25, 0.3) is 5.91 Å². The van der Waals surface area contributed by atoms with Crippen LogP contribution in [0.4, 0.5) is 5.69 Å². The van der Waals surface area contributed by atoms with Gasteiger partial charge in [-0.3, -0.25) is 9.59 Å². The first kappa shape index (κ1) is 18.9. The lowest BCUT2D eigenvalue weighted by atomic mass is 10.2. The number of carbonyl (C=O) groups excluding carboxylic acids is 2. The zero-order chi connectivity index (χ0) is 21.4. The van der Waals surface area contributed by atoms with Crippen LogP contribution in [-0.4, -0.2) is 41.7 Å². The van der Waals surface area contributed by atoms with E-state index in [9.17, 15) is 9.59 Å². The third-order valence-electron chi connectivity index (χ3n) is 5.09. The number of ether oxygens (including phenoxy) is 1. The van der Waals surface area contributed by atoms with Crippen molar-refractivity contribution >= 4 is 28.5 Å². The molecule has 0 bridgehead atoms. The third-order valence-corrected chi connectivity index (χ3v) is 5.09. The van der Waals surface area contributed by atoms with Gasteiger partial charge in [0.2, 0.25) is 5.89 Å². The molecule has 1 N–H and O–H groups in total. The van der Waals surface area contributed by atoms with E-state index in [-0.39, 0.29) is 18.4 Å². The van der Waals surface area contributed by atoms with E-state index in [1.807, 2.05) is 36.4 Å². The Hall–Kier alpha value is -4.14. The normalized spacial score (nSPS) is 16.0. The van der Waals surface area contributed by atoms with Crippen LogP contribution >= 0.6 is 0 Å². The molecule has 5 rings (SSSR count). The topological polar surface area (TPSA) is 111 Å². The molecule has 2 aromatic heterocycles. The summed E-state index contributed by atoms with van der Waals surface area (Å²) >= 11 is 0. The lowest BCUT2D eigenvalue weighted by molar-refractivity contribution is -0.120. The number of hydrogen-bond donors (Lipinski definition) is 1. The molecule has 156 valence electrons. The number of amides is 2. The minimum Gasteiger partial charge on any atom is -0.489 e. The van der Waals surface area contributed by atoms with Gasteiger partial charge in [-0.05, 0) is 17.7 Å². The van der Waals surface area contributed by atoms with E-state index in [0.29, 0.717) is 29.3 Å². The van der Waals surface area contributed by atoms with Gasteiger partial charge >= 0.3 is 11.8 Å². The summed E-state index contributed by atoms with van der Waals surface area (Å²) in [4.78, 5) is 27.0. The van der Waals surface area contributed by atoms with Gasteiger partial charge in [-0.2, -0.15) is 0 Å². The summed E-state index contributed by atoms with van der Waals surface area (Å²) in [7, 11) is 1.63. The van der Waals surface area contributed by atoms with E-state index in [2.05, 4.69) is 15.5 Å². The molecule has 0 fully saturated rings. The van der Waals surface area contributed by atoms with Gasteiger partial charge in [-0.25, -0.2) is 0 Å². The van der Waals surface area contributed by atoms with Gasteiger partial charge in [0.1, 0.15) is 24.0 Å². The van der Waals surface area contributed by atoms with Crippen LogP contribution in [0.1, 0.15) is 22.1 Å². The van der Waals surface area contributed by atoms with Crippen molar-refractivity contribution in [2.75, 3.05) is 18.6 Å². The highest BCUT2D eigenvalue weighted by Crippen LogP contribution is 2.35. The van der Waals surface area contributed by atoms with Crippen molar-refractivity contribution in [1.29, 1.82) is 0 Å². The average Bonchev–Trinajstić information content (AvgIpc) is 3.42. The fourth-order valence-corrected chi connectivity index (χ4v) is 3.46. The van der Waals surface area contributed by atoms with Crippen molar-refractivity contribution in [2.45, 2.75) is 12.5 Å². The van der Waals surface area contributed by atoms with E-state index < -0.39 is 11.9 Å². The molecule has 1 atom stereocenters. The number of hydrogen-bond acceptors (Lipinski definition) is 7. The Bertz CT molecular complexity index is 1260. The van der Waals surface area contributed by atoms with Gasteiger partial charge in [-0.1, -0.05) is 30.3 Å². The van der Waals surface area contributed by atoms with Crippen molar-refractivity contribution < 1.29 is 23.2 Å². The Balaban J connectivity index is 1.31. The van der Waals surface area contributed by atoms with Crippen LogP contribution in [0.2, 0.25) is 0 Å². The first-order chi connectivity index (χ1) is 15.1. The van der Waals surface area contributed by atoms with Gasteiger partial charge in [-0.15, -0.1) is 10.2 Å². The first-order valence-electron chi connectivity index (χ1n) is 9.67. The van der Waals surface area contributed by atoms with Crippen LogP contribution in [-0.2, 0) is 11.2 Å². The Kier molecular flexibility index (Phi) is 4.62. The number of furan rings is 1. The van der Waals surface area contributed by atoms with E-state index in [1.54, 1.807) is 25.4 Å². The number of nitrogens with zero attached hydrogens (tertiary/aromatic N) is 3. The SMILES string of the molecule is CN1C(=O)[C@@H](NC(=O)c2nnc(Cc3ccccc3)o2)COc2cc3occc3cc21. The lowest BCUT2D eigenvalue weighted by Gasteiger charge is -2.19. The molecule has 0 saturated heterocycles. The summed E-state index contributed by atoms with van der Waals surface area (Å²) in [6.07, 6.45) is 1.98. The number of aromatic nitrogens is 2. The molecular formula is C22H18N4O5. The molecule has 0 radical (unpaired) electrons. The summed E-state index contributed by atoms with van der Waals surface area (Å²) in [5.74, 6) is -0.355. The summed E-state index contributed by atoms with van der Waals surface area (Å²) in [5, 5.41) is 11.2. The second kappa shape index (κ2) is 7.60. The Morgan fingerprint density at radius 2 is 2.03 bits per heavy atom. The van der Waals surface area contributed by atoms with Crippen molar-refractivity contribution in [2.24, 2.45) is 0 Å². The molecule has 0 spiro atoms. The fourth-order valence-electron chi connectivity index (χ4n) is 3.46. The minimum absolute atomic E-state index is 0.0425. The highest BCUT2D eigenvalue weighted by Gasteiger charge is 2.32. The largest absolute Gasteiger partial charge is 0.489 e. The maximum atomic E-state index is 12.9. The van der Waals surface area contributed by atoms with Gasteiger partial charge in [0.05, 0.1) is 18.4 Å². The Morgan fingerprint density at radius 1 is 1.19 bits per heavy atom. The molecule has 0 aliphatic carbocycles. The molecule has 1 aliphatic heterocycles. The number of fused-ring (bicyclic) bond motifs is 2. The quantitative estimate of drug-likeness (QED) is 0.542. The van der Waals surface area contributed by atoms with Crippen molar-refractivity contribution in [3.8, 4) is 5.75 Å². The number of benzene rings is 2. The summed E-state index contributed by atoms with van der Waals surface area (Å²) in [6.45, 7) is -0.0425. The van der Waals surface area contributed by atoms with Crippen LogP contribution in [0, 0.1) is 0 Å². The highest BCUT2D eigenvalue weighted by atomic mass is 16.5. The Morgan fingerprint density at radius 3 is 2.87 bits per heavy atom. The molecule has 0 saturated carbocycles. The molecular weight excluding hydrogens is 400 g/mol. The number of anilines is 1. The average molecular weight is 418 g/mol. The van der Waals surface area contributed by atoms with Gasteiger partial charge < -0.3 is 23.8 Å². The number of rotatable bonds is 4. The molecule has 4 aromatic rings. The molecule has 2 aromatic carbocycles. The molecule has 31 heavy (non-hydrogen) atoms. The first-order valence-corrected chi connectivity index (χ1v) is 9.67. The standard InChI is InChI=1S/C22H18N4O5/c1-26-16-10-14-7-8-29-17(14)11-18(16)30-12-15(22(26)28)23-20(27)21-25-24-19(31-21)9-13-5-3-2-4-6-13/h2-8,10-11,15H,9,12H2,1H3,(H,23,27)/t15-/m0/s1. The van der Waals surface area contributed by atoms with Gasteiger partial charge in [0.15, 0.2) is 0 Å². The number of likely N-dealkylation sites (N-methyl/N-ethyl adjacent to an activating group) is 1.